The van der Waals surface area contributed by atoms with Crippen LogP contribution in [0.1, 0.15) is 16.8 Å². The van der Waals surface area contributed by atoms with Gasteiger partial charge in [0.25, 0.3) is 0 Å². The van der Waals surface area contributed by atoms with Gasteiger partial charge in [-0.1, -0.05) is 30.3 Å². The van der Waals surface area contributed by atoms with Crippen LogP contribution in [-0.4, -0.2) is 48.4 Å². The Morgan fingerprint density at radius 3 is 2.29 bits per heavy atom. The molecule has 0 aliphatic carbocycles. The minimum absolute atomic E-state index is 0.322. The number of aromatic nitrogens is 2. The zero-order chi connectivity index (χ0) is 24.1. The van der Waals surface area contributed by atoms with E-state index < -0.39 is 10.0 Å². The van der Waals surface area contributed by atoms with Gasteiger partial charge in [-0.15, -0.1) is 0 Å². The third-order valence-corrected chi connectivity index (χ3v) is 7.83. The SMILES string of the molecule is O=S(=O)(c1ccc(CNCc2ccc(OCc3cn4ccccc4n3)cc2)cc1)N1CCOCC1. The molecule has 0 bridgehead atoms. The molecule has 4 aromatic rings. The van der Waals surface area contributed by atoms with Gasteiger partial charge in [0.05, 0.1) is 23.8 Å². The van der Waals surface area contributed by atoms with Crippen LogP contribution in [0.2, 0.25) is 0 Å². The maximum Gasteiger partial charge on any atom is 0.243 e. The number of pyridine rings is 1. The summed E-state index contributed by atoms with van der Waals surface area (Å²) >= 11 is 0. The van der Waals surface area contributed by atoms with Gasteiger partial charge in [-0.25, -0.2) is 13.4 Å². The summed E-state index contributed by atoms with van der Waals surface area (Å²) in [5.41, 5.74) is 3.95. The van der Waals surface area contributed by atoms with Gasteiger partial charge in [-0.3, -0.25) is 0 Å². The number of fused-ring (bicyclic) bond motifs is 1. The first-order valence-corrected chi connectivity index (χ1v) is 13.0. The first kappa shape index (κ1) is 23.5. The molecule has 5 rings (SSSR count). The molecule has 9 heteroatoms. The van der Waals surface area contributed by atoms with Crippen LogP contribution >= 0.6 is 0 Å². The van der Waals surface area contributed by atoms with Gasteiger partial charge in [-0.2, -0.15) is 4.31 Å². The molecule has 182 valence electrons. The molecule has 3 heterocycles. The van der Waals surface area contributed by atoms with Gasteiger partial charge < -0.3 is 19.2 Å². The van der Waals surface area contributed by atoms with Crippen molar-refractivity contribution in [1.29, 1.82) is 0 Å². The number of benzene rings is 2. The molecule has 0 amide bonds. The van der Waals surface area contributed by atoms with Crippen molar-refractivity contribution in [2.24, 2.45) is 0 Å². The molecule has 1 N–H and O–H groups in total. The van der Waals surface area contributed by atoms with E-state index in [0.29, 0.717) is 50.9 Å². The van der Waals surface area contributed by atoms with Crippen molar-refractivity contribution < 1.29 is 17.9 Å². The van der Waals surface area contributed by atoms with Crippen LogP contribution in [0.4, 0.5) is 0 Å². The molecule has 0 atom stereocenters. The molecular formula is C26H28N4O4S. The number of hydrogen-bond donors (Lipinski definition) is 1. The summed E-state index contributed by atoms with van der Waals surface area (Å²) in [7, 11) is -3.46. The van der Waals surface area contributed by atoms with Crippen LogP contribution in [0.25, 0.3) is 5.65 Å². The summed E-state index contributed by atoms with van der Waals surface area (Å²) in [6.45, 7) is 3.43. The Bertz CT molecular complexity index is 1330. The minimum Gasteiger partial charge on any atom is -0.487 e. The van der Waals surface area contributed by atoms with E-state index in [1.54, 1.807) is 12.1 Å². The van der Waals surface area contributed by atoms with Crippen molar-refractivity contribution in [3.8, 4) is 5.75 Å². The number of morpholine rings is 1. The number of nitrogens with one attached hydrogen (secondary N) is 1. The maximum atomic E-state index is 12.7. The van der Waals surface area contributed by atoms with E-state index >= 15 is 0 Å². The second-order valence-electron chi connectivity index (χ2n) is 8.39. The summed E-state index contributed by atoms with van der Waals surface area (Å²) < 4.78 is 40.1. The molecule has 0 spiro atoms. The Labute approximate surface area is 205 Å². The van der Waals surface area contributed by atoms with E-state index in [2.05, 4.69) is 10.3 Å². The fourth-order valence-electron chi connectivity index (χ4n) is 3.98. The summed E-state index contributed by atoms with van der Waals surface area (Å²) in [5, 5.41) is 3.40. The van der Waals surface area contributed by atoms with Crippen LogP contribution in [0.15, 0.2) is 84.0 Å². The van der Waals surface area contributed by atoms with Crippen LogP contribution in [0.5, 0.6) is 5.75 Å². The number of hydrogen-bond acceptors (Lipinski definition) is 6. The maximum absolute atomic E-state index is 12.7. The predicted octanol–water partition coefficient (Wildman–Crippen LogP) is 3.22. The van der Waals surface area contributed by atoms with Gasteiger partial charge in [-0.05, 0) is 47.5 Å². The molecule has 8 nitrogen and oxygen atoms in total. The summed E-state index contributed by atoms with van der Waals surface area (Å²) in [6, 6.07) is 20.9. The van der Waals surface area contributed by atoms with Gasteiger partial charge in [0, 0.05) is 38.6 Å². The molecule has 0 saturated carbocycles. The average molecular weight is 493 g/mol. The molecule has 1 aliphatic rings. The van der Waals surface area contributed by atoms with E-state index in [1.165, 1.54) is 4.31 Å². The highest BCUT2D eigenvalue weighted by Crippen LogP contribution is 2.18. The number of rotatable bonds is 9. The Balaban J connectivity index is 1.09. The highest BCUT2D eigenvalue weighted by atomic mass is 32.2. The molecule has 1 fully saturated rings. The van der Waals surface area contributed by atoms with E-state index in [0.717, 1.165) is 28.2 Å². The van der Waals surface area contributed by atoms with E-state index in [9.17, 15) is 8.42 Å². The third kappa shape index (κ3) is 5.71. The van der Waals surface area contributed by atoms with Crippen LogP contribution < -0.4 is 10.1 Å². The molecular weight excluding hydrogens is 464 g/mol. The Morgan fingerprint density at radius 2 is 1.60 bits per heavy atom. The lowest BCUT2D eigenvalue weighted by molar-refractivity contribution is 0.0730. The molecule has 0 radical (unpaired) electrons. The van der Waals surface area contributed by atoms with Crippen molar-refractivity contribution >= 4 is 15.7 Å². The fourth-order valence-corrected chi connectivity index (χ4v) is 5.39. The van der Waals surface area contributed by atoms with Crippen molar-refractivity contribution in [3.05, 3.63) is 95.9 Å². The number of ether oxygens (including phenoxy) is 2. The Morgan fingerprint density at radius 1 is 0.914 bits per heavy atom. The van der Waals surface area contributed by atoms with Gasteiger partial charge in [0.2, 0.25) is 10.0 Å². The molecule has 2 aromatic carbocycles. The second-order valence-corrected chi connectivity index (χ2v) is 10.3. The summed E-state index contributed by atoms with van der Waals surface area (Å²) in [6.07, 6.45) is 3.94. The first-order chi connectivity index (χ1) is 17.1. The Hall–Kier alpha value is -3.24. The summed E-state index contributed by atoms with van der Waals surface area (Å²) in [5.74, 6) is 0.794. The molecule has 1 saturated heterocycles. The fraction of sp³-hybridized carbons (Fsp3) is 0.269. The van der Waals surface area contributed by atoms with Crippen LogP contribution in [0.3, 0.4) is 0 Å². The Kier molecular flexibility index (Phi) is 7.10. The molecule has 1 aliphatic heterocycles. The highest BCUT2D eigenvalue weighted by molar-refractivity contribution is 7.89. The molecule has 35 heavy (non-hydrogen) atoms. The standard InChI is InChI=1S/C26H28N4O4S/c31-35(32,30-13-15-33-16-14-30)25-10-6-22(7-11-25)18-27-17-21-4-8-24(9-5-21)34-20-23-19-29-12-2-1-3-26(29)28-23/h1-12,19,27H,13-18,20H2. The van der Waals surface area contributed by atoms with Crippen LogP contribution in [-0.2, 0) is 34.5 Å². The van der Waals surface area contributed by atoms with E-state index in [4.69, 9.17) is 9.47 Å². The normalized spacial score (nSPS) is 14.9. The van der Waals surface area contributed by atoms with Gasteiger partial charge >= 0.3 is 0 Å². The van der Waals surface area contributed by atoms with Crippen molar-refractivity contribution in [1.82, 2.24) is 19.0 Å². The highest BCUT2D eigenvalue weighted by Gasteiger charge is 2.26. The lowest BCUT2D eigenvalue weighted by atomic mass is 10.2. The average Bonchev–Trinajstić information content (AvgIpc) is 3.32. The lowest BCUT2D eigenvalue weighted by Crippen LogP contribution is -2.40. The molecule has 0 unspecified atom stereocenters. The summed E-state index contributed by atoms with van der Waals surface area (Å²) in [4.78, 5) is 4.87. The monoisotopic (exact) mass is 492 g/mol. The van der Waals surface area contributed by atoms with Crippen molar-refractivity contribution in [2.75, 3.05) is 26.3 Å². The lowest BCUT2D eigenvalue weighted by Gasteiger charge is -2.26. The second kappa shape index (κ2) is 10.6. The quantitative estimate of drug-likeness (QED) is 0.386. The minimum atomic E-state index is -3.46. The zero-order valence-corrected chi connectivity index (χ0v) is 20.2. The van der Waals surface area contributed by atoms with Crippen LogP contribution in [0, 0.1) is 0 Å². The number of nitrogens with zero attached hydrogens (tertiary/aromatic N) is 3. The molecule has 2 aromatic heterocycles. The van der Waals surface area contributed by atoms with Crippen molar-refractivity contribution in [2.45, 2.75) is 24.6 Å². The van der Waals surface area contributed by atoms with E-state index in [1.807, 2.05) is 71.4 Å². The smallest absolute Gasteiger partial charge is 0.243 e. The zero-order valence-electron chi connectivity index (χ0n) is 19.3. The number of imidazole rings is 1. The largest absolute Gasteiger partial charge is 0.487 e. The number of sulfonamides is 1. The topological polar surface area (TPSA) is 85.2 Å². The van der Waals surface area contributed by atoms with Crippen molar-refractivity contribution in [3.63, 3.8) is 0 Å². The van der Waals surface area contributed by atoms with Gasteiger partial charge in [0.15, 0.2) is 0 Å². The predicted molar refractivity (Wildman–Crippen MR) is 133 cm³/mol. The first-order valence-electron chi connectivity index (χ1n) is 11.6. The van der Waals surface area contributed by atoms with E-state index in [-0.39, 0.29) is 0 Å². The van der Waals surface area contributed by atoms with Gasteiger partial charge in [0.1, 0.15) is 18.0 Å². The third-order valence-electron chi connectivity index (χ3n) is 5.91.